The van der Waals surface area contributed by atoms with Crippen molar-refractivity contribution in [3.63, 3.8) is 0 Å². The molecule has 0 saturated heterocycles. The zero-order chi connectivity index (χ0) is 10.8. The molecule has 0 radical (unpaired) electrons. The van der Waals surface area contributed by atoms with Crippen LogP contribution in [0.1, 0.15) is 44.1 Å². The number of nitrogens with zero attached hydrogens (tertiary/aromatic N) is 2. The van der Waals surface area contributed by atoms with Gasteiger partial charge in [-0.15, -0.1) is 0 Å². The first-order valence-corrected chi connectivity index (χ1v) is 5.47. The number of pyridine rings is 1. The summed E-state index contributed by atoms with van der Waals surface area (Å²) in [5.74, 6) is 1.24. The minimum absolute atomic E-state index is 0.416. The van der Waals surface area contributed by atoms with Crippen LogP contribution in [0.2, 0.25) is 0 Å². The molecule has 2 aromatic heterocycles. The highest BCUT2D eigenvalue weighted by molar-refractivity contribution is 5.68. The lowest BCUT2D eigenvalue weighted by atomic mass is 10.0. The number of fused-ring (bicyclic) bond motifs is 1. The Bertz CT molecular complexity index is 458. The van der Waals surface area contributed by atoms with Crippen molar-refractivity contribution < 1.29 is 4.42 Å². The zero-order valence-corrected chi connectivity index (χ0v) is 9.45. The standard InChI is InChI=1S/C12H16N2O/c1-4-9(5-2)11-14-10-6-8(3)7-13-12(10)15-11/h6-7,9H,4-5H2,1-3H3. The number of aromatic nitrogens is 2. The van der Waals surface area contributed by atoms with Crippen molar-refractivity contribution in [1.82, 2.24) is 9.97 Å². The van der Waals surface area contributed by atoms with E-state index in [-0.39, 0.29) is 0 Å². The molecule has 0 bridgehead atoms. The molecule has 0 aliphatic heterocycles. The predicted octanol–water partition coefficient (Wildman–Crippen LogP) is 3.43. The topological polar surface area (TPSA) is 38.9 Å². The first kappa shape index (κ1) is 10.1. The molecular formula is C12H16N2O. The maximum absolute atomic E-state index is 5.64. The summed E-state index contributed by atoms with van der Waals surface area (Å²) < 4.78 is 5.64. The maximum Gasteiger partial charge on any atom is 0.246 e. The molecule has 2 rings (SSSR count). The van der Waals surface area contributed by atoms with Gasteiger partial charge in [0.15, 0.2) is 0 Å². The fraction of sp³-hybridized carbons (Fsp3) is 0.500. The van der Waals surface area contributed by atoms with Crippen molar-refractivity contribution in [3.05, 3.63) is 23.7 Å². The van der Waals surface area contributed by atoms with E-state index in [4.69, 9.17) is 4.42 Å². The summed E-state index contributed by atoms with van der Waals surface area (Å²) in [6.07, 6.45) is 3.93. The van der Waals surface area contributed by atoms with Crippen molar-refractivity contribution in [2.45, 2.75) is 39.5 Å². The van der Waals surface area contributed by atoms with Gasteiger partial charge >= 0.3 is 0 Å². The van der Waals surface area contributed by atoms with Gasteiger partial charge in [-0.05, 0) is 31.4 Å². The molecule has 3 nitrogen and oxygen atoms in total. The first-order chi connectivity index (χ1) is 7.24. The molecule has 3 heteroatoms. The van der Waals surface area contributed by atoms with Crippen LogP contribution in [-0.2, 0) is 0 Å². The van der Waals surface area contributed by atoms with Gasteiger partial charge in [-0.2, -0.15) is 0 Å². The average Bonchev–Trinajstić information content (AvgIpc) is 2.62. The summed E-state index contributed by atoms with van der Waals surface area (Å²) >= 11 is 0. The number of hydrogen-bond donors (Lipinski definition) is 0. The van der Waals surface area contributed by atoms with E-state index in [0.717, 1.165) is 29.8 Å². The van der Waals surface area contributed by atoms with Crippen LogP contribution < -0.4 is 0 Å². The van der Waals surface area contributed by atoms with Gasteiger partial charge in [-0.1, -0.05) is 13.8 Å². The predicted molar refractivity (Wildman–Crippen MR) is 59.9 cm³/mol. The lowest BCUT2D eigenvalue weighted by Gasteiger charge is -2.05. The SMILES string of the molecule is CCC(CC)c1nc2cc(C)cnc2o1. The third kappa shape index (κ3) is 1.87. The molecular weight excluding hydrogens is 188 g/mol. The van der Waals surface area contributed by atoms with Crippen LogP contribution in [0.15, 0.2) is 16.7 Å². The number of aryl methyl sites for hydroxylation is 1. The Balaban J connectivity index is 2.46. The summed E-state index contributed by atoms with van der Waals surface area (Å²) in [5, 5.41) is 0. The van der Waals surface area contributed by atoms with E-state index < -0.39 is 0 Å². The fourth-order valence-corrected chi connectivity index (χ4v) is 1.75. The molecule has 0 aliphatic rings. The van der Waals surface area contributed by atoms with E-state index in [0.29, 0.717) is 11.6 Å². The Labute approximate surface area is 89.5 Å². The van der Waals surface area contributed by atoms with Crippen molar-refractivity contribution in [2.75, 3.05) is 0 Å². The summed E-state index contributed by atoms with van der Waals surface area (Å²) in [6.45, 7) is 6.32. The Kier molecular flexibility index (Phi) is 2.71. The molecule has 0 amide bonds. The number of hydrogen-bond acceptors (Lipinski definition) is 3. The third-order valence-corrected chi connectivity index (χ3v) is 2.74. The van der Waals surface area contributed by atoms with Gasteiger partial charge in [0.1, 0.15) is 5.52 Å². The van der Waals surface area contributed by atoms with Crippen LogP contribution >= 0.6 is 0 Å². The minimum Gasteiger partial charge on any atom is -0.422 e. The van der Waals surface area contributed by atoms with Gasteiger partial charge in [-0.3, -0.25) is 0 Å². The fourth-order valence-electron chi connectivity index (χ4n) is 1.75. The van der Waals surface area contributed by atoms with Gasteiger partial charge in [-0.25, -0.2) is 9.97 Å². The minimum atomic E-state index is 0.416. The van der Waals surface area contributed by atoms with Crippen LogP contribution in [0.4, 0.5) is 0 Å². The Hall–Kier alpha value is -1.38. The van der Waals surface area contributed by atoms with Crippen LogP contribution in [0.25, 0.3) is 11.2 Å². The van der Waals surface area contributed by atoms with Crippen molar-refractivity contribution in [2.24, 2.45) is 0 Å². The molecule has 0 unspecified atom stereocenters. The molecule has 0 N–H and O–H groups in total. The molecule has 0 aromatic carbocycles. The Morgan fingerprint density at radius 1 is 1.33 bits per heavy atom. The third-order valence-electron chi connectivity index (χ3n) is 2.74. The highest BCUT2D eigenvalue weighted by Crippen LogP contribution is 2.25. The zero-order valence-electron chi connectivity index (χ0n) is 9.45. The normalized spacial score (nSPS) is 11.5. The molecule has 15 heavy (non-hydrogen) atoms. The van der Waals surface area contributed by atoms with E-state index in [1.165, 1.54) is 0 Å². The van der Waals surface area contributed by atoms with Gasteiger partial charge in [0.25, 0.3) is 0 Å². The Morgan fingerprint density at radius 3 is 2.73 bits per heavy atom. The molecule has 2 aromatic rings. The second-order valence-corrected chi connectivity index (χ2v) is 3.90. The van der Waals surface area contributed by atoms with Gasteiger partial charge in [0.05, 0.1) is 0 Å². The van der Waals surface area contributed by atoms with Crippen molar-refractivity contribution in [3.8, 4) is 0 Å². The number of oxazole rings is 1. The largest absolute Gasteiger partial charge is 0.422 e. The average molecular weight is 204 g/mol. The van der Waals surface area contributed by atoms with E-state index in [9.17, 15) is 0 Å². The first-order valence-electron chi connectivity index (χ1n) is 5.47. The molecule has 2 heterocycles. The maximum atomic E-state index is 5.64. The summed E-state index contributed by atoms with van der Waals surface area (Å²) in [6, 6.07) is 2.01. The Morgan fingerprint density at radius 2 is 2.07 bits per heavy atom. The molecule has 0 aliphatic carbocycles. The monoisotopic (exact) mass is 204 g/mol. The van der Waals surface area contributed by atoms with E-state index >= 15 is 0 Å². The van der Waals surface area contributed by atoms with Gasteiger partial charge in [0.2, 0.25) is 11.6 Å². The second kappa shape index (κ2) is 4.01. The van der Waals surface area contributed by atoms with Crippen LogP contribution in [0.3, 0.4) is 0 Å². The molecule has 0 atom stereocenters. The highest BCUT2D eigenvalue weighted by atomic mass is 16.4. The number of rotatable bonds is 3. The van der Waals surface area contributed by atoms with Crippen LogP contribution in [-0.4, -0.2) is 9.97 Å². The molecule has 0 spiro atoms. The summed E-state index contributed by atoms with van der Waals surface area (Å²) in [4.78, 5) is 8.71. The second-order valence-electron chi connectivity index (χ2n) is 3.90. The van der Waals surface area contributed by atoms with Crippen molar-refractivity contribution in [1.29, 1.82) is 0 Å². The van der Waals surface area contributed by atoms with Gasteiger partial charge in [0, 0.05) is 12.1 Å². The van der Waals surface area contributed by atoms with E-state index in [1.807, 2.05) is 19.2 Å². The van der Waals surface area contributed by atoms with E-state index in [1.54, 1.807) is 0 Å². The van der Waals surface area contributed by atoms with Crippen LogP contribution in [0, 0.1) is 6.92 Å². The summed E-state index contributed by atoms with van der Waals surface area (Å²) in [7, 11) is 0. The highest BCUT2D eigenvalue weighted by Gasteiger charge is 2.14. The quantitative estimate of drug-likeness (QED) is 0.768. The smallest absolute Gasteiger partial charge is 0.246 e. The van der Waals surface area contributed by atoms with Crippen molar-refractivity contribution >= 4 is 11.2 Å². The summed E-state index contributed by atoms with van der Waals surface area (Å²) in [5.41, 5.74) is 2.64. The lowest BCUT2D eigenvalue weighted by Crippen LogP contribution is -1.94. The van der Waals surface area contributed by atoms with Crippen LogP contribution in [0.5, 0.6) is 0 Å². The van der Waals surface area contributed by atoms with Gasteiger partial charge < -0.3 is 4.42 Å². The molecule has 0 fully saturated rings. The lowest BCUT2D eigenvalue weighted by molar-refractivity contribution is 0.449. The molecule has 80 valence electrons. The molecule has 0 saturated carbocycles. The van der Waals surface area contributed by atoms with E-state index in [2.05, 4.69) is 23.8 Å².